The van der Waals surface area contributed by atoms with Gasteiger partial charge in [0.1, 0.15) is 24.2 Å². The molecule has 8 N–H and O–H groups in total. The number of nitrogens with one attached hydrogen (secondary N) is 2. The molecule has 0 aromatic carbocycles. The zero-order valence-electron chi connectivity index (χ0n) is 16.1. The summed E-state index contributed by atoms with van der Waals surface area (Å²) in [7, 11) is 2.84. The first-order valence-electron chi connectivity index (χ1n) is 8.51. The van der Waals surface area contributed by atoms with Crippen molar-refractivity contribution in [2.24, 2.45) is 21.8 Å². The topological polar surface area (TPSA) is 196 Å². The second-order valence-corrected chi connectivity index (χ2v) is 8.06. The SMILES string of the molecule is C.COCC1=C(/C(N)=N/NN)N2C(=O)[C@@H](NC(=O)/C(=N\OC)c3csc(N)n3)[C@H]2SC1. The number of hydrazone groups is 1. The van der Waals surface area contributed by atoms with Crippen molar-refractivity contribution in [2.45, 2.75) is 18.8 Å². The predicted molar refractivity (Wildman–Crippen MR) is 120 cm³/mol. The number of amidine groups is 1. The Labute approximate surface area is 187 Å². The van der Waals surface area contributed by atoms with E-state index in [-0.39, 0.29) is 47.7 Å². The monoisotopic (exact) mass is 471 g/mol. The van der Waals surface area contributed by atoms with E-state index in [0.29, 0.717) is 11.4 Å². The van der Waals surface area contributed by atoms with Gasteiger partial charge in [-0.05, 0) is 5.57 Å². The summed E-state index contributed by atoms with van der Waals surface area (Å²) in [5.74, 6) is 4.84. The number of rotatable bonds is 8. The predicted octanol–water partition coefficient (Wildman–Crippen LogP) is -1.25. The quantitative estimate of drug-likeness (QED) is 0.100. The number of aromatic nitrogens is 1. The number of methoxy groups -OCH3 is 1. The van der Waals surface area contributed by atoms with Gasteiger partial charge in [-0.1, -0.05) is 12.6 Å². The lowest BCUT2D eigenvalue weighted by atomic mass is 10.0. The van der Waals surface area contributed by atoms with Gasteiger partial charge < -0.3 is 26.4 Å². The highest BCUT2D eigenvalue weighted by Crippen LogP contribution is 2.40. The number of ether oxygens (including phenoxy) is 1. The Kier molecular flexibility index (Phi) is 8.21. The maximum Gasteiger partial charge on any atom is 0.276 e. The van der Waals surface area contributed by atoms with Crippen molar-refractivity contribution in [2.75, 3.05) is 32.3 Å². The van der Waals surface area contributed by atoms with Gasteiger partial charge in [0.25, 0.3) is 11.8 Å². The molecule has 0 aliphatic carbocycles. The molecule has 2 aliphatic rings. The molecule has 1 aromatic rings. The average molecular weight is 472 g/mol. The van der Waals surface area contributed by atoms with E-state index >= 15 is 0 Å². The first-order valence-corrected chi connectivity index (χ1v) is 10.4. The van der Waals surface area contributed by atoms with E-state index in [2.05, 4.69) is 26.1 Å². The van der Waals surface area contributed by atoms with Gasteiger partial charge in [0, 0.05) is 18.2 Å². The van der Waals surface area contributed by atoms with Gasteiger partial charge in [-0.3, -0.25) is 14.5 Å². The van der Waals surface area contributed by atoms with Crippen LogP contribution in [0.2, 0.25) is 0 Å². The Morgan fingerprint density at radius 2 is 2.19 bits per heavy atom. The van der Waals surface area contributed by atoms with Crippen molar-refractivity contribution in [1.29, 1.82) is 0 Å². The number of carbonyl (C=O) groups excluding carboxylic acids is 2. The lowest BCUT2D eigenvalue weighted by Crippen LogP contribution is -2.71. The number of carbonyl (C=O) groups is 2. The number of nitrogens with zero attached hydrogens (tertiary/aromatic N) is 4. The van der Waals surface area contributed by atoms with Gasteiger partial charge >= 0.3 is 0 Å². The zero-order chi connectivity index (χ0) is 21.8. The number of nitrogens with two attached hydrogens (primary N) is 3. The second-order valence-electron chi connectivity index (χ2n) is 6.07. The van der Waals surface area contributed by atoms with Crippen LogP contribution in [0.15, 0.2) is 26.9 Å². The summed E-state index contributed by atoms with van der Waals surface area (Å²) in [5.41, 5.74) is 15.1. The fourth-order valence-corrected chi connectivity index (χ4v) is 4.92. The normalized spacial score (nSPS) is 21.1. The van der Waals surface area contributed by atoms with Crippen LogP contribution in [-0.4, -0.2) is 71.2 Å². The minimum Gasteiger partial charge on any atom is -0.398 e. The molecule has 2 aliphatic heterocycles. The molecule has 3 heterocycles. The molecular weight excluding hydrogens is 446 g/mol. The third kappa shape index (κ3) is 4.73. The van der Waals surface area contributed by atoms with E-state index in [1.165, 1.54) is 23.8 Å². The zero-order valence-corrected chi connectivity index (χ0v) is 17.7. The summed E-state index contributed by atoms with van der Waals surface area (Å²) < 4.78 is 5.20. The summed E-state index contributed by atoms with van der Waals surface area (Å²) >= 11 is 2.62. The van der Waals surface area contributed by atoms with Crippen LogP contribution in [0, 0.1) is 0 Å². The minimum atomic E-state index is -0.793. The fraction of sp³-hybridized carbons (Fsp3) is 0.438. The molecule has 1 saturated heterocycles. The van der Waals surface area contributed by atoms with Crippen molar-refractivity contribution in [3.8, 4) is 0 Å². The van der Waals surface area contributed by atoms with E-state index in [0.717, 1.165) is 16.9 Å². The standard InChI is InChI=1S/C15H21N9O4S2.CH4/c1-27-3-6-4-29-14-9(13(26)24(14)10(6)11(16)21-23-18)20-12(25)8(22-28-2)7-5-30-15(17)19-7;/h5,9,14,23H,3-4,18H2,1-2H3,(H2,16,21)(H2,17,19)(H,20,25);1H4/b22-8-;/t9-,14-;/m1./s1. The van der Waals surface area contributed by atoms with Crippen molar-refractivity contribution >= 4 is 51.6 Å². The number of fused-ring (bicyclic) bond motifs is 1. The van der Waals surface area contributed by atoms with Gasteiger partial charge in [-0.15, -0.1) is 28.2 Å². The minimum absolute atomic E-state index is 0. The number of hydrazine groups is 1. The first kappa shape index (κ1) is 24.4. The van der Waals surface area contributed by atoms with Gasteiger partial charge in [0.2, 0.25) is 0 Å². The van der Waals surface area contributed by atoms with Crippen LogP contribution in [0.5, 0.6) is 0 Å². The lowest BCUT2D eigenvalue weighted by Gasteiger charge is -2.50. The van der Waals surface area contributed by atoms with Crippen LogP contribution in [0.4, 0.5) is 5.13 Å². The number of hydrogen-bond donors (Lipinski definition) is 5. The third-order valence-electron chi connectivity index (χ3n) is 4.24. The Morgan fingerprint density at radius 3 is 2.77 bits per heavy atom. The number of thioether (sulfide) groups is 1. The third-order valence-corrected chi connectivity index (χ3v) is 6.26. The van der Waals surface area contributed by atoms with Crippen molar-refractivity contribution < 1.29 is 19.2 Å². The highest BCUT2D eigenvalue weighted by atomic mass is 32.2. The van der Waals surface area contributed by atoms with Gasteiger partial charge in [-0.2, -0.15) is 0 Å². The Morgan fingerprint density at radius 1 is 1.45 bits per heavy atom. The Balaban J connectivity index is 0.00000341. The maximum absolute atomic E-state index is 12.9. The summed E-state index contributed by atoms with van der Waals surface area (Å²) in [6.45, 7) is 0.270. The average Bonchev–Trinajstić information content (AvgIpc) is 3.15. The van der Waals surface area contributed by atoms with Crippen LogP contribution in [0.25, 0.3) is 0 Å². The van der Waals surface area contributed by atoms with Crippen molar-refractivity contribution in [1.82, 2.24) is 20.7 Å². The summed E-state index contributed by atoms with van der Waals surface area (Å²) in [4.78, 5) is 35.9. The number of thiazole rings is 1. The fourth-order valence-electron chi connectivity index (χ4n) is 3.04. The number of β-lactam (4-membered cyclic amide) rings is 1. The number of hydrogen-bond acceptors (Lipinski definition) is 12. The van der Waals surface area contributed by atoms with Gasteiger partial charge in [0.05, 0.1) is 12.3 Å². The van der Waals surface area contributed by atoms with E-state index in [9.17, 15) is 9.59 Å². The molecule has 3 rings (SSSR count). The Bertz CT molecular complexity index is 930. The first-order chi connectivity index (χ1) is 14.4. The number of nitrogen functional groups attached to an aromatic ring is 1. The highest BCUT2D eigenvalue weighted by molar-refractivity contribution is 8.00. The van der Waals surface area contributed by atoms with E-state index < -0.39 is 11.9 Å². The molecule has 0 unspecified atom stereocenters. The lowest BCUT2D eigenvalue weighted by molar-refractivity contribution is -0.144. The Hall–Kier alpha value is -2.88. The molecule has 13 nitrogen and oxygen atoms in total. The van der Waals surface area contributed by atoms with Crippen molar-refractivity contribution in [3.63, 3.8) is 0 Å². The molecule has 0 spiro atoms. The molecule has 0 bridgehead atoms. The molecule has 2 amide bonds. The van der Waals surface area contributed by atoms with Crippen LogP contribution >= 0.6 is 23.1 Å². The summed E-state index contributed by atoms with van der Waals surface area (Å²) in [5, 5.41) is 11.7. The molecular formula is C16H25N9O4S2. The van der Waals surface area contributed by atoms with Crippen LogP contribution in [-0.2, 0) is 19.2 Å². The molecule has 0 saturated carbocycles. The van der Waals surface area contributed by atoms with Gasteiger partial charge in [-0.25, -0.2) is 16.4 Å². The summed E-state index contributed by atoms with van der Waals surface area (Å²) in [6, 6.07) is -0.793. The molecule has 0 radical (unpaired) electrons. The second kappa shape index (κ2) is 10.4. The molecule has 1 aromatic heterocycles. The van der Waals surface area contributed by atoms with Crippen LogP contribution in [0.3, 0.4) is 0 Å². The summed E-state index contributed by atoms with van der Waals surface area (Å²) in [6.07, 6.45) is 0. The molecule has 15 heteroatoms. The molecule has 2 atom stereocenters. The molecule has 1 fully saturated rings. The highest BCUT2D eigenvalue weighted by Gasteiger charge is 2.53. The smallest absolute Gasteiger partial charge is 0.276 e. The maximum atomic E-state index is 12.9. The van der Waals surface area contributed by atoms with E-state index in [4.69, 9.17) is 26.9 Å². The number of amides is 2. The van der Waals surface area contributed by atoms with Crippen LogP contribution in [0.1, 0.15) is 13.1 Å². The van der Waals surface area contributed by atoms with E-state index in [1.54, 1.807) is 12.5 Å². The van der Waals surface area contributed by atoms with E-state index in [1.807, 2.05) is 0 Å². The number of anilines is 1. The largest absolute Gasteiger partial charge is 0.398 e. The van der Waals surface area contributed by atoms with Gasteiger partial charge in [0.15, 0.2) is 16.7 Å². The number of oxime groups is 1. The van der Waals surface area contributed by atoms with Crippen LogP contribution < -0.4 is 28.2 Å². The molecule has 31 heavy (non-hydrogen) atoms. The van der Waals surface area contributed by atoms with Crippen molar-refractivity contribution in [3.05, 3.63) is 22.3 Å². The molecule has 170 valence electrons.